The molecule has 2 aromatic rings. The molecule has 0 atom stereocenters. The molecule has 106 valence electrons. The smallest absolute Gasteiger partial charge is 0.128 e. The van der Waals surface area contributed by atoms with Crippen molar-refractivity contribution in [1.82, 2.24) is 5.32 Å². The maximum Gasteiger partial charge on any atom is 0.128 e. The molecule has 0 saturated heterocycles. The first-order valence-corrected chi connectivity index (χ1v) is 6.97. The van der Waals surface area contributed by atoms with Crippen LogP contribution in [0.3, 0.4) is 0 Å². The fourth-order valence-electron chi connectivity index (χ4n) is 1.79. The van der Waals surface area contributed by atoms with Gasteiger partial charge in [0.1, 0.15) is 11.5 Å². The fraction of sp³-hybridized carbons (Fsp3) is 0.250. The molecule has 0 fully saturated rings. The lowest BCUT2D eigenvalue weighted by Gasteiger charge is -2.09. The lowest BCUT2D eigenvalue weighted by Crippen LogP contribution is -2.11. The van der Waals surface area contributed by atoms with Crippen molar-refractivity contribution in [2.45, 2.75) is 20.1 Å². The molecule has 20 heavy (non-hydrogen) atoms. The standard InChI is InChI=1S/C16H18ClNO2/c1-2-18-10-13-5-8-15(9-16(13)17)20-14-6-3-12(11-19)4-7-14/h3-9,18-19H,2,10-11H2,1H3. The third-order valence-electron chi connectivity index (χ3n) is 2.93. The Bertz CT molecular complexity index is 555. The van der Waals surface area contributed by atoms with Crippen LogP contribution in [0.15, 0.2) is 42.5 Å². The van der Waals surface area contributed by atoms with Crippen LogP contribution in [-0.2, 0) is 13.2 Å². The lowest BCUT2D eigenvalue weighted by atomic mass is 10.2. The topological polar surface area (TPSA) is 41.5 Å². The van der Waals surface area contributed by atoms with E-state index in [4.69, 9.17) is 21.4 Å². The normalized spacial score (nSPS) is 10.6. The summed E-state index contributed by atoms with van der Waals surface area (Å²) < 4.78 is 5.73. The Morgan fingerprint density at radius 1 is 1.10 bits per heavy atom. The molecule has 0 radical (unpaired) electrons. The highest BCUT2D eigenvalue weighted by atomic mass is 35.5. The largest absolute Gasteiger partial charge is 0.457 e. The van der Waals surface area contributed by atoms with Gasteiger partial charge in [-0.05, 0) is 41.9 Å². The van der Waals surface area contributed by atoms with Crippen molar-refractivity contribution >= 4 is 11.6 Å². The van der Waals surface area contributed by atoms with Gasteiger partial charge in [-0.3, -0.25) is 0 Å². The summed E-state index contributed by atoms with van der Waals surface area (Å²) in [4.78, 5) is 0. The van der Waals surface area contributed by atoms with Crippen molar-refractivity contribution in [2.24, 2.45) is 0 Å². The number of hydrogen-bond donors (Lipinski definition) is 2. The average molecular weight is 292 g/mol. The third-order valence-corrected chi connectivity index (χ3v) is 3.28. The summed E-state index contributed by atoms with van der Waals surface area (Å²) in [6.45, 7) is 3.75. The second-order valence-corrected chi connectivity index (χ2v) is 4.84. The van der Waals surface area contributed by atoms with E-state index in [1.54, 1.807) is 0 Å². The van der Waals surface area contributed by atoms with Crippen LogP contribution >= 0.6 is 11.6 Å². The number of nitrogens with one attached hydrogen (secondary N) is 1. The molecular weight excluding hydrogens is 274 g/mol. The van der Waals surface area contributed by atoms with Gasteiger partial charge in [0.2, 0.25) is 0 Å². The zero-order chi connectivity index (χ0) is 14.4. The van der Waals surface area contributed by atoms with E-state index >= 15 is 0 Å². The molecule has 0 heterocycles. The average Bonchev–Trinajstić information content (AvgIpc) is 2.47. The number of benzene rings is 2. The summed E-state index contributed by atoms with van der Waals surface area (Å²) in [7, 11) is 0. The van der Waals surface area contributed by atoms with Gasteiger partial charge in [0, 0.05) is 11.6 Å². The molecule has 0 bridgehead atoms. The quantitative estimate of drug-likeness (QED) is 0.852. The van der Waals surface area contributed by atoms with E-state index in [0.717, 1.165) is 30.0 Å². The summed E-state index contributed by atoms with van der Waals surface area (Å²) in [5.74, 6) is 1.42. The molecule has 0 spiro atoms. The Morgan fingerprint density at radius 3 is 2.40 bits per heavy atom. The molecule has 0 aliphatic carbocycles. The summed E-state index contributed by atoms with van der Waals surface area (Å²) in [5.41, 5.74) is 1.91. The molecule has 0 aliphatic heterocycles. The van der Waals surface area contributed by atoms with E-state index in [2.05, 4.69) is 12.2 Å². The van der Waals surface area contributed by atoms with E-state index in [0.29, 0.717) is 10.8 Å². The van der Waals surface area contributed by atoms with Gasteiger partial charge in [0.05, 0.1) is 6.61 Å². The zero-order valence-electron chi connectivity index (χ0n) is 11.4. The minimum atomic E-state index is 0.0330. The van der Waals surface area contributed by atoms with Crippen LogP contribution in [-0.4, -0.2) is 11.7 Å². The number of halogens is 1. The summed E-state index contributed by atoms with van der Waals surface area (Å²) in [5, 5.41) is 12.9. The molecule has 0 aliphatic rings. The van der Waals surface area contributed by atoms with E-state index < -0.39 is 0 Å². The molecule has 2 N–H and O–H groups in total. The molecule has 4 heteroatoms. The first-order chi connectivity index (χ1) is 9.72. The van der Waals surface area contributed by atoms with Crippen LogP contribution in [0, 0.1) is 0 Å². The highest BCUT2D eigenvalue weighted by Gasteiger charge is 2.03. The van der Waals surface area contributed by atoms with E-state index in [1.807, 2.05) is 42.5 Å². The van der Waals surface area contributed by atoms with Crippen molar-refractivity contribution in [3.05, 3.63) is 58.6 Å². The van der Waals surface area contributed by atoms with E-state index in [-0.39, 0.29) is 6.61 Å². The summed E-state index contributed by atoms with van der Waals surface area (Å²) >= 11 is 6.23. The first-order valence-electron chi connectivity index (χ1n) is 6.59. The maximum atomic E-state index is 8.99. The van der Waals surface area contributed by atoms with Crippen LogP contribution < -0.4 is 10.1 Å². The molecule has 0 aromatic heterocycles. The summed E-state index contributed by atoms with van der Waals surface area (Å²) in [6, 6.07) is 13.0. The number of ether oxygens (including phenoxy) is 1. The predicted octanol–water partition coefficient (Wildman–Crippen LogP) is 3.73. The third kappa shape index (κ3) is 3.97. The van der Waals surface area contributed by atoms with Gasteiger partial charge in [-0.2, -0.15) is 0 Å². The van der Waals surface area contributed by atoms with Gasteiger partial charge >= 0.3 is 0 Å². The Kier molecular flexibility index (Phi) is 5.41. The van der Waals surface area contributed by atoms with Crippen LogP contribution in [0.4, 0.5) is 0 Å². The Balaban J connectivity index is 2.07. The van der Waals surface area contributed by atoms with Crippen molar-refractivity contribution in [3.63, 3.8) is 0 Å². The maximum absolute atomic E-state index is 8.99. The molecule has 2 rings (SSSR count). The van der Waals surface area contributed by atoms with Crippen LogP contribution in [0.2, 0.25) is 5.02 Å². The summed E-state index contributed by atoms with van der Waals surface area (Å²) in [6.07, 6.45) is 0. The Labute approximate surface area is 124 Å². The molecule has 0 amide bonds. The minimum absolute atomic E-state index is 0.0330. The van der Waals surface area contributed by atoms with Crippen LogP contribution in [0.25, 0.3) is 0 Å². The van der Waals surface area contributed by atoms with Crippen molar-refractivity contribution in [2.75, 3.05) is 6.54 Å². The first kappa shape index (κ1) is 14.9. The molecule has 3 nitrogen and oxygen atoms in total. The van der Waals surface area contributed by atoms with E-state index in [1.165, 1.54) is 0 Å². The second kappa shape index (κ2) is 7.29. The van der Waals surface area contributed by atoms with Crippen LogP contribution in [0.5, 0.6) is 11.5 Å². The Morgan fingerprint density at radius 2 is 1.80 bits per heavy atom. The Hall–Kier alpha value is -1.55. The second-order valence-electron chi connectivity index (χ2n) is 4.44. The van der Waals surface area contributed by atoms with E-state index in [9.17, 15) is 0 Å². The predicted molar refractivity (Wildman–Crippen MR) is 81.3 cm³/mol. The zero-order valence-corrected chi connectivity index (χ0v) is 12.2. The SMILES string of the molecule is CCNCc1ccc(Oc2ccc(CO)cc2)cc1Cl. The van der Waals surface area contributed by atoms with Gasteiger partial charge in [0.25, 0.3) is 0 Å². The van der Waals surface area contributed by atoms with Crippen molar-refractivity contribution < 1.29 is 9.84 Å². The van der Waals surface area contributed by atoms with Crippen molar-refractivity contribution in [3.8, 4) is 11.5 Å². The van der Waals surface area contributed by atoms with Crippen molar-refractivity contribution in [1.29, 1.82) is 0 Å². The minimum Gasteiger partial charge on any atom is -0.457 e. The van der Waals surface area contributed by atoms with Gasteiger partial charge < -0.3 is 15.2 Å². The lowest BCUT2D eigenvalue weighted by molar-refractivity contribution is 0.281. The molecule has 2 aromatic carbocycles. The van der Waals surface area contributed by atoms with Gasteiger partial charge in [-0.1, -0.05) is 36.7 Å². The number of rotatable bonds is 6. The van der Waals surface area contributed by atoms with Gasteiger partial charge in [-0.15, -0.1) is 0 Å². The number of aliphatic hydroxyl groups is 1. The number of hydrogen-bond acceptors (Lipinski definition) is 3. The molecular formula is C16H18ClNO2. The van der Waals surface area contributed by atoms with Gasteiger partial charge in [-0.25, -0.2) is 0 Å². The van der Waals surface area contributed by atoms with Gasteiger partial charge in [0.15, 0.2) is 0 Å². The fourth-order valence-corrected chi connectivity index (χ4v) is 2.03. The number of aliphatic hydroxyl groups excluding tert-OH is 1. The highest BCUT2D eigenvalue weighted by Crippen LogP contribution is 2.27. The molecule has 0 saturated carbocycles. The monoisotopic (exact) mass is 291 g/mol. The van der Waals surface area contributed by atoms with Crippen LogP contribution in [0.1, 0.15) is 18.1 Å². The highest BCUT2D eigenvalue weighted by molar-refractivity contribution is 6.31. The molecule has 0 unspecified atom stereocenters.